The summed E-state index contributed by atoms with van der Waals surface area (Å²) in [5.41, 5.74) is 6.71. The largest absolute Gasteiger partial charge is 0.325 e. The van der Waals surface area contributed by atoms with Gasteiger partial charge in [0.05, 0.1) is 11.8 Å². The molecular weight excluding hydrogens is 290 g/mol. The third-order valence-electron chi connectivity index (χ3n) is 2.37. The molecule has 1 atom stereocenters. The quantitative estimate of drug-likeness (QED) is 0.737. The van der Waals surface area contributed by atoms with E-state index in [2.05, 4.69) is 5.32 Å². The Morgan fingerprint density at radius 3 is 2.26 bits per heavy atom. The summed E-state index contributed by atoms with van der Waals surface area (Å²) in [4.78, 5) is 11.5. The molecule has 1 aromatic rings. The number of anilines is 1. The number of amides is 1. The summed E-state index contributed by atoms with van der Waals surface area (Å²) in [6.07, 6.45) is 0.551. The maximum atomic E-state index is 11.5. The topological polar surface area (TPSA) is 115 Å². The van der Waals surface area contributed by atoms with Gasteiger partial charge in [-0.05, 0) is 24.1 Å². The van der Waals surface area contributed by atoms with Crippen LogP contribution in [0.4, 0.5) is 5.69 Å². The number of carbonyl (C=O) groups excluding carboxylic acids is 1. The van der Waals surface area contributed by atoms with Crippen LogP contribution in [0.1, 0.15) is 18.9 Å². The Bertz CT molecular complexity index is 516. The zero-order valence-corrected chi connectivity index (χ0v) is 12.1. The standard InChI is InChI=1S/C11H17N3O3S.ClH/c1-2-10(12)11(15)14-9-5-3-8(4-6-9)7-18(13,16)17;/h3-6,10H,2,7,12H2,1H3,(H,14,15)(H2,13,16,17);1H/t10-;/m0./s1. The van der Waals surface area contributed by atoms with Crippen LogP contribution in [0.15, 0.2) is 24.3 Å². The molecule has 0 aliphatic heterocycles. The number of benzene rings is 1. The van der Waals surface area contributed by atoms with Crippen LogP contribution in [0.5, 0.6) is 0 Å². The summed E-state index contributed by atoms with van der Waals surface area (Å²) >= 11 is 0. The highest BCUT2D eigenvalue weighted by Crippen LogP contribution is 2.11. The minimum atomic E-state index is -3.54. The first-order valence-electron chi connectivity index (χ1n) is 5.47. The van der Waals surface area contributed by atoms with Gasteiger partial charge in [0.2, 0.25) is 15.9 Å². The van der Waals surface area contributed by atoms with Gasteiger partial charge in [-0.3, -0.25) is 4.79 Å². The normalized spacial score (nSPS) is 12.4. The monoisotopic (exact) mass is 307 g/mol. The molecule has 0 bridgehead atoms. The highest BCUT2D eigenvalue weighted by molar-refractivity contribution is 7.88. The third-order valence-corrected chi connectivity index (χ3v) is 3.10. The van der Waals surface area contributed by atoms with Crippen molar-refractivity contribution in [2.24, 2.45) is 10.9 Å². The van der Waals surface area contributed by atoms with Gasteiger partial charge in [-0.2, -0.15) is 0 Å². The van der Waals surface area contributed by atoms with Gasteiger partial charge in [-0.1, -0.05) is 19.1 Å². The number of carbonyl (C=O) groups is 1. The summed E-state index contributed by atoms with van der Waals surface area (Å²) < 4.78 is 21.8. The number of primary sulfonamides is 1. The molecule has 1 aromatic carbocycles. The lowest BCUT2D eigenvalue weighted by atomic mass is 10.2. The van der Waals surface area contributed by atoms with Gasteiger partial charge in [0, 0.05) is 5.69 Å². The molecule has 0 saturated heterocycles. The first kappa shape index (κ1) is 17.8. The fourth-order valence-corrected chi connectivity index (χ4v) is 1.99. The minimum Gasteiger partial charge on any atom is -0.325 e. The number of rotatable bonds is 5. The first-order chi connectivity index (χ1) is 8.31. The zero-order chi connectivity index (χ0) is 13.8. The van der Waals surface area contributed by atoms with Crippen molar-refractivity contribution in [2.75, 3.05) is 5.32 Å². The van der Waals surface area contributed by atoms with Crippen molar-refractivity contribution < 1.29 is 13.2 Å². The van der Waals surface area contributed by atoms with E-state index in [0.29, 0.717) is 17.7 Å². The summed E-state index contributed by atoms with van der Waals surface area (Å²) in [5.74, 6) is -0.493. The average molecular weight is 308 g/mol. The molecule has 0 spiro atoms. The summed E-state index contributed by atoms with van der Waals surface area (Å²) in [7, 11) is -3.54. The van der Waals surface area contributed by atoms with Crippen LogP contribution >= 0.6 is 12.4 Å². The molecule has 0 heterocycles. The average Bonchev–Trinajstić information content (AvgIpc) is 2.28. The maximum absolute atomic E-state index is 11.5. The van der Waals surface area contributed by atoms with E-state index < -0.39 is 16.1 Å². The predicted molar refractivity (Wildman–Crippen MR) is 77.4 cm³/mol. The molecule has 0 fully saturated rings. The van der Waals surface area contributed by atoms with E-state index in [-0.39, 0.29) is 24.1 Å². The van der Waals surface area contributed by atoms with Gasteiger partial charge in [0.15, 0.2) is 0 Å². The van der Waals surface area contributed by atoms with Crippen LogP contribution in [0.2, 0.25) is 0 Å². The van der Waals surface area contributed by atoms with Crippen molar-refractivity contribution in [3.63, 3.8) is 0 Å². The van der Waals surface area contributed by atoms with Gasteiger partial charge < -0.3 is 11.1 Å². The summed E-state index contributed by atoms with van der Waals surface area (Å²) in [5, 5.41) is 7.57. The Hall–Kier alpha value is -1.15. The van der Waals surface area contributed by atoms with E-state index in [1.54, 1.807) is 24.3 Å². The second-order valence-electron chi connectivity index (χ2n) is 4.01. The molecule has 0 aliphatic rings. The van der Waals surface area contributed by atoms with Crippen molar-refractivity contribution in [3.8, 4) is 0 Å². The predicted octanol–water partition coefficient (Wildman–Crippen LogP) is 0.573. The zero-order valence-electron chi connectivity index (χ0n) is 10.5. The van der Waals surface area contributed by atoms with Gasteiger partial charge in [0.1, 0.15) is 0 Å². The van der Waals surface area contributed by atoms with E-state index in [0.717, 1.165) is 0 Å². The Kier molecular flexibility index (Phi) is 6.99. The highest BCUT2D eigenvalue weighted by Gasteiger charge is 2.11. The fraction of sp³-hybridized carbons (Fsp3) is 0.364. The third kappa shape index (κ3) is 6.53. The van der Waals surface area contributed by atoms with Crippen LogP contribution < -0.4 is 16.2 Å². The lowest BCUT2D eigenvalue weighted by molar-refractivity contribution is -0.117. The van der Waals surface area contributed by atoms with Gasteiger partial charge in [-0.15, -0.1) is 12.4 Å². The Morgan fingerprint density at radius 1 is 1.32 bits per heavy atom. The molecule has 5 N–H and O–H groups in total. The number of sulfonamides is 1. The molecule has 0 saturated carbocycles. The number of nitrogens with two attached hydrogens (primary N) is 2. The van der Waals surface area contributed by atoms with Crippen molar-refractivity contribution >= 4 is 34.0 Å². The van der Waals surface area contributed by atoms with Crippen LogP contribution in [0.3, 0.4) is 0 Å². The van der Waals surface area contributed by atoms with E-state index in [4.69, 9.17) is 10.9 Å². The van der Waals surface area contributed by atoms with Crippen molar-refractivity contribution in [3.05, 3.63) is 29.8 Å². The number of hydrogen-bond donors (Lipinski definition) is 3. The molecular formula is C11H18ClN3O3S. The van der Waals surface area contributed by atoms with Gasteiger partial charge in [0.25, 0.3) is 0 Å². The summed E-state index contributed by atoms with van der Waals surface area (Å²) in [6.45, 7) is 1.82. The van der Waals surface area contributed by atoms with Crippen LogP contribution in [0.25, 0.3) is 0 Å². The minimum absolute atomic E-state index is 0. The molecule has 19 heavy (non-hydrogen) atoms. The smallest absolute Gasteiger partial charge is 0.241 e. The molecule has 0 aromatic heterocycles. The van der Waals surface area contributed by atoms with Crippen LogP contribution in [-0.4, -0.2) is 20.4 Å². The van der Waals surface area contributed by atoms with E-state index in [1.165, 1.54) is 0 Å². The van der Waals surface area contributed by atoms with Crippen LogP contribution in [-0.2, 0) is 20.6 Å². The van der Waals surface area contributed by atoms with Crippen molar-refractivity contribution in [1.29, 1.82) is 0 Å². The Labute approximate surface area is 119 Å². The molecule has 1 amide bonds. The van der Waals surface area contributed by atoms with Gasteiger partial charge >= 0.3 is 0 Å². The number of nitrogens with one attached hydrogen (secondary N) is 1. The lowest BCUT2D eigenvalue weighted by Crippen LogP contribution is -2.34. The maximum Gasteiger partial charge on any atom is 0.241 e. The second-order valence-corrected chi connectivity index (χ2v) is 5.62. The number of halogens is 1. The van der Waals surface area contributed by atoms with E-state index in [9.17, 15) is 13.2 Å². The highest BCUT2D eigenvalue weighted by atomic mass is 35.5. The van der Waals surface area contributed by atoms with Crippen molar-refractivity contribution in [2.45, 2.75) is 25.1 Å². The fourth-order valence-electron chi connectivity index (χ4n) is 1.34. The van der Waals surface area contributed by atoms with Crippen LogP contribution in [0, 0.1) is 0 Å². The molecule has 0 unspecified atom stereocenters. The lowest BCUT2D eigenvalue weighted by Gasteiger charge is -2.10. The second kappa shape index (κ2) is 7.44. The first-order valence-corrected chi connectivity index (χ1v) is 7.19. The molecule has 0 aliphatic carbocycles. The van der Waals surface area contributed by atoms with E-state index in [1.807, 2.05) is 6.92 Å². The van der Waals surface area contributed by atoms with Gasteiger partial charge in [-0.25, -0.2) is 13.6 Å². The molecule has 6 nitrogen and oxygen atoms in total. The summed E-state index contributed by atoms with van der Waals surface area (Å²) in [6, 6.07) is 5.87. The Morgan fingerprint density at radius 2 is 1.84 bits per heavy atom. The van der Waals surface area contributed by atoms with E-state index >= 15 is 0 Å². The molecule has 8 heteroatoms. The Balaban J connectivity index is 0.00000324. The molecule has 0 radical (unpaired) electrons. The molecule has 1 rings (SSSR count). The number of hydrogen-bond acceptors (Lipinski definition) is 4. The van der Waals surface area contributed by atoms with Crippen molar-refractivity contribution in [1.82, 2.24) is 0 Å². The molecule has 108 valence electrons. The SMILES string of the molecule is CC[C@H](N)C(=O)Nc1ccc(CS(N)(=O)=O)cc1.Cl.